The molecule has 0 bridgehead atoms. The number of fused-ring (bicyclic) bond motifs is 3. The fraction of sp³-hybridized carbons (Fsp3) is 0.0588. The number of aryl methyl sites for hydroxylation is 1. The Bertz CT molecular complexity index is 1400. The molecule has 0 atom stereocenters. The average molecular weight is 566 g/mol. The van der Waals surface area contributed by atoms with Crippen molar-refractivity contribution in [2.45, 2.75) is 6.92 Å². The summed E-state index contributed by atoms with van der Waals surface area (Å²) in [5, 5.41) is 2.11. The van der Waals surface area contributed by atoms with Gasteiger partial charge in [-0.2, -0.15) is 0 Å². The zero-order valence-corrected chi connectivity index (χ0v) is 25.0. The fourth-order valence-electron chi connectivity index (χ4n) is 5.33. The van der Waals surface area contributed by atoms with Gasteiger partial charge < -0.3 is 4.42 Å². The lowest BCUT2D eigenvalue weighted by Gasteiger charge is -2.43. The Morgan fingerprint density at radius 3 is 1.79 bits per heavy atom. The number of furan rings is 1. The summed E-state index contributed by atoms with van der Waals surface area (Å²) in [5.41, 5.74) is 4.33. The summed E-state index contributed by atoms with van der Waals surface area (Å²) in [6, 6.07) is 14.1. The number of benzene rings is 1. The van der Waals surface area contributed by atoms with Gasteiger partial charge in [-0.1, -0.05) is 12.1 Å². The monoisotopic (exact) mass is 569 g/mol. The van der Waals surface area contributed by atoms with Crippen LogP contribution in [0.25, 0.3) is 33.3 Å². The minimum Gasteiger partial charge on any atom is -0.437 e. The standard InChI is InChI=1S/C17H11BrN2O.B21/c1-10-5-7-13-12-3-2-4-14(16(12)21-17(13)20-10)15-8-6-11(18)9-19-15;1-12-18(13(2)3)21(19(14(4)5)15(6)7)20(16(8)9)17(10)11/h2-9H,1H3;. The highest BCUT2D eigenvalue weighted by Crippen LogP contribution is 2.34. The van der Waals surface area contributed by atoms with Crippen LogP contribution in [0.4, 0.5) is 0 Å². The van der Waals surface area contributed by atoms with Crippen LogP contribution >= 0.6 is 15.9 Å². The van der Waals surface area contributed by atoms with E-state index < -0.39 is 57.5 Å². The van der Waals surface area contributed by atoms with Crippen molar-refractivity contribution in [2.24, 2.45) is 0 Å². The van der Waals surface area contributed by atoms with E-state index in [1.54, 1.807) is 6.20 Å². The van der Waals surface area contributed by atoms with E-state index in [2.05, 4.69) is 38.0 Å². The Kier molecular flexibility index (Phi) is 13.5. The highest BCUT2D eigenvalue weighted by Gasteiger charge is 2.45. The van der Waals surface area contributed by atoms with Gasteiger partial charge in [-0.15, -0.1) is 0 Å². The largest absolute Gasteiger partial charge is 0.437 e. The first-order valence-corrected chi connectivity index (χ1v) is 14.1. The number of pyridine rings is 2. The van der Waals surface area contributed by atoms with Crippen LogP contribution in [0.2, 0.25) is 0 Å². The van der Waals surface area contributed by atoms with Crippen LogP contribution < -0.4 is 0 Å². The van der Waals surface area contributed by atoms with Crippen molar-refractivity contribution in [2.75, 3.05) is 0 Å². The summed E-state index contributed by atoms with van der Waals surface area (Å²) in [6.07, 6.45) is -4.99. The van der Waals surface area contributed by atoms with Crippen LogP contribution in [0, 0.1) is 6.92 Å². The summed E-state index contributed by atoms with van der Waals surface area (Å²) < 4.78 is 6.94. The zero-order valence-electron chi connectivity index (χ0n) is 23.4. The number of halogens is 1. The minimum atomic E-state index is -0.879. The topological polar surface area (TPSA) is 38.9 Å². The maximum atomic E-state index is 5.99. The predicted molar refractivity (Wildman–Crippen MR) is 208 cm³/mol. The molecule has 0 aliphatic heterocycles. The van der Waals surface area contributed by atoms with Crippen molar-refractivity contribution in [3.63, 3.8) is 0 Å². The van der Waals surface area contributed by atoms with Gasteiger partial charge in [0.15, 0.2) is 0 Å². The summed E-state index contributed by atoms with van der Waals surface area (Å²) in [7, 11) is 64.8. The van der Waals surface area contributed by atoms with Gasteiger partial charge in [-0.05, 0) is 53.2 Å². The van der Waals surface area contributed by atoms with E-state index in [-0.39, 0.29) is 0 Å². The molecule has 42 heavy (non-hydrogen) atoms. The Morgan fingerprint density at radius 1 is 0.714 bits per heavy atom. The first kappa shape index (κ1) is 35.6. The molecule has 0 N–H and O–H groups in total. The van der Waals surface area contributed by atoms with Gasteiger partial charge in [-0.25, -0.2) is 4.98 Å². The van der Waals surface area contributed by atoms with E-state index in [1.807, 2.05) is 37.3 Å². The molecule has 0 aliphatic rings. The van der Waals surface area contributed by atoms with Crippen molar-refractivity contribution in [1.82, 2.24) is 9.97 Å². The molecule has 1 aromatic carbocycles. The zero-order chi connectivity index (χ0) is 31.3. The summed E-state index contributed by atoms with van der Waals surface area (Å²) >= 11 is 3.41. The lowest BCUT2D eigenvalue weighted by molar-refractivity contribution is 0.653. The number of rotatable bonds is 10. The van der Waals surface area contributed by atoms with Gasteiger partial charge in [0, 0.05) is 182 Å². The van der Waals surface area contributed by atoms with E-state index in [0.29, 0.717) is 5.71 Å². The Hall–Kier alpha value is -0.836. The molecule has 0 spiro atoms. The highest BCUT2D eigenvalue weighted by molar-refractivity contribution is 9.10. The SMILES string of the molecule is Cc1ccc2c(n1)oc1c(-c3ccc(Br)cn3)cccc12.[B][B]B(B([B])[B])B(B(B([B])[B])B([B])[B])B(B([B])[B])B([B])[B]. The van der Waals surface area contributed by atoms with Crippen molar-refractivity contribution >= 4 is 188 Å². The molecule has 25 heteroatoms. The predicted octanol–water partition coefficient (Wildman–Crippen LogP) is -2.88. The second-order valence-electron chi connectivity index (χ2n) is 10.3. The smallest absolute Gasteiger partial charge is 0.227 e. The number of aromatic nitrogens is 2. The Morgan fingerprint density at radius 2 is 1.31 bits per heavy atom. The molecule has 0 aliphatic carbocycles. The van der Waals surface area contributed by atoms with Crippen LogP contribution in [-0.4, -0.2) is 160 Å². The maximum Gasteiger partial charge on any atom is 0.227 e. The first-order chi connectivity index (χ1) is 19.8. The lowest BCUT2D eigenvalue weighted by atomic mass is 8.38. The Balaban J connectivity index is 0.000000230. The molecule has 0 fully saturated rings. The molecule has 0 saturated heterocycles. The van der Waals surface area contributed by atoms with Crippen molar-refractivity contribution in [3.8, 4) is 11.3 Å². The molecule has 23 radical (unpaired) electrons. The van der Waals surface area contributed by atoms with Crippen molar-refractivity contribution in [3.05, 3.63) is 58.8 Å². The molecule has 0 amide bonds. The third-order valence-corrected chi connectivity index (χ3v) is 7.75. The molecular weight excluding hydrogens is 555 g/mol. The van der Waals surface area contributed by atoms with E-state index >= 15 is 0 Å². The third-order valence-electron chi connectivity index (χ3n) is 7.28. The summed E-state index contributed by atoms with van der Waals surface area (Å²) in [6.45, 7) is 1.96. The van der Waals surface area contributed by atoms with Crippen LogP contribution in [0.3, 0.4) is 0 Å². The normalized spacial score (nSPS) is 10.2. The molecule has 0 unspecified atom stereocenters. The fourth-order valence-corrected chi connectivity index (χ4v) is 5.57. The van der Waals surface area contributed by atoms with Crippen LogP contribution in [0.1, 0.15) is 5.69 Å². The Labute approximate surface area is 277 Å². The van der Waals surface area contributed by atoms with Gasteiger partial charge in [-0.3, -0.25) is 4.98 Å². The maximum absolute atomic E-state index is 5.99. The van der Waals surface area contributed by atoms with E-state index in [4.69, 9.17) is 89.5 Å². The van der Waals surface area contributed by atoms with E-state index in [9.17, 15) is 0 Å². The second-order valence-corrected chi connectivity index (χ2v) is 11.3. The molecule has 3 nitrogen and oxygen atoms in total. The van der Waals surface area contributed by atoms with Gasteiger partial charge in [0.05, 0.1) is 5.69 Å². The molecule has 3 heterocycles. The second kappa shape index (κ2) is 15.9. The lowest BCUT2D eigenvalue weighted by Crippen LogP contribution is -2.81. The molecule has 0 saturated carbocycles. The minimum absolute atomic E-state index is 0.574. The molecule has 3 aromatic heterocycles. The average Bonchev–Trinajstić information content (AvgIpc) is 3.26. The van der Waals surface area contributed by atoms with Gasteiger partial charge >= 0.3 is 0 Å². The molecular formula is C17H11B21BrN2O. The van der Waals surface area contributed by atoms with Gasteiger partial charge in [0.1, 0.15) is 5.58 Å². The van der Waals surface area contributed by atoms with Gasteiger partial charge in [0.2, 0.25) is 5.71 Å². The summed E-state index contributed by atoms with van der Waals surface area (Å²) in [5.74, 6) is 0. The highest BCUT2D eigenvalue weighted by atomic mass is 79.9. The number of para-hydroxylation sites is 1. The molecule has 4 rings (SSSR count). The van der Waals surface area contributed by atoms with Crippen LogP contribution in [0.5, 0.6) is 0 Å². The number of hydrogen-bond donors (Lipinski definition) is 0. The van der Waals surface area contributed by atoms with E-state index in [0.717, 1.165) is 37.8 Å². The van der Waals surface area contributed by atoms with Crippen LogP contribution in [-0.2, 0) is 0 Å². The van der Waals surface area contributed by atoms with Gasteiger partial charge in [0.25, 0.3) is 0 Å². The molecule has 165 valence electrons. The third kappa shape index (κ3) is 8.45. The summed E-state index contributed by atoms with van der Waals surface area (Å²) in [4.78, 5) is 8.93. The van der Waals surface area contributed by atoms with Crippen molar-refractivity contribution < 1.29 is 4.42 Å². The van der Waals surface area contributed by atoms with Crippen LogP contribution in [0.15, 0.2) is 57.6 Å². The number of hydrogen-bond acceptors (Lipinski definition) is 3. The quantitative estimate of drug-likeness (QED) is 0.194. The number of nitrogens with zero attached hydrogens (tertiary/aromatic N) is 2. The first-order valence-electron chi connectivity index (χ1n) is 13.3. The van der Waals surface area contributed by atoms with E-state index in [1.165, 1.54) is 7.06 Å². The van der Waals surface area contributed by atoms with Crippen molar-refractivity contribution in [1.29, 1.82) is 0 Å². The molecule has 4 aromatic rings.